The van der Waals surface area contributed by atoms with Crippen molar-refractivity contribution in [3.05, 3.63) is 47.1 Å². The van der Waals surface area contributed by atoms with Crippen LogP contribution in [0, 0.1) is 0 Å². The van der Waals surface area contributed by atoms with Crippen LogP contribution in [0.2, 0.25) is 5.02 Å². The van der Waals surface area contributed by atoms with Gasteiger partial charge in [-0.2, -0.15) is 0 Å². The highest BCUT2D eigenvalue weighted by atomic mass is 35.5. The molecule has 0 bridgehead atoms. The molecule has 0 spiro atoms. The predicted octanol–water partition coefficient (Wildman–Crippen LogP) is 3.37. The Morgan fingerprint density at radius 2 is 1.82 bits per heavy atom. The maximum Gasteiger partial charge on any atom is 0.276 e. The molecule has 0 unspecified atom stereocenters. The molecule has 0 atom stereocenters. The van der Waals surface area contributed by atoms with Crippen LogP contribution < -0.4 is 10.2 Å². The van der Waals surface area contributed by atoms with Crippen molar-refractivity contribution in [2.75, 3.05) is 23.3 Å². The summed E-state index contributed by atoms with van der Waals surface area (Å²) >= 11 is 6.03. The Balaban J connectivity index is 1.69. The molecule has 1 aliphatic rings. The number of nitrogens with one attached hydrogen (secondary N) is 1. The number of rotatable bonds is 3. The molecule has 1 N–H and O–H groups in total. The van der Waals surface area contributed by atoms with E-state index in [-0.39, 0.29) is 11.6 Å². The average molecular weight is 317 g/mol. The van der Waals surface area contributed by atoms with Gasteiger partial charge in [-0.1, -0.05) is 23.7 Å². The third-order valence-corrected chi connectivity index (χ3v) is 4.01. The minimum Gasteiger partial charge on any atom is -0.355 e. The second kappa shape index (κ2) is 6.75. The lowest BCUT2D eigenvalue weighted by Crippen LogP contribution is -2.30. The average Bonchev–Trinajstić information content (AvgIpc) is 2.58. The third-order valence-electron chi connectivity index (χ3n) is 3.69. The van der Waals surface area contributed by atoms with Crippen LogP contribution in [0.5, 0.6) is 0 Å². The van der Waals surface area contributed by atoms with E-state index in [0.717, 1.165) is 18.9 Å². The minimum atomic E-state index is -0.314. The molecule has 2 aromatic rings. The lowest BCUT2D eigenvalue weighted by atomic mass is 10.1. The lowest BCUT2D eigenvalue weighted by molar-refractivity contribution is 0.102. The Bertz CT molecular complexity index is 653. The van der Waals surface area contributed by atoms with E-state index in [1.54, 1.807) is 18.2 Å². The number of hydrogen-bond acceptors (Lipinski definition) is 4. The zero-order chi connectivity index (χ0) is 15.4. The third kappa shape index (κ3) is 3.36. The van der Waals surface area contributed by atoms with Crippen LogP contribution in [-0.4, -0.2) is 29.2 Å². The molecule has 22 heavy (non-hydrogen) atoms. The fourth-order valence-corrected chi connectivity index (χ4v) is 2.67. The molecule has 1 amide bonds. The summed E-state index contributed by atoms with van der Waals surface area (Å²) < 4.78 is 0. The summed E-state index contributed by atoms with van der Waals surface area (Å²) in [5.74, 6) is 0.514. The fourth-order valence-electron chi connectivity index (χ4n) is 2.49. The predicted molar refractivity (Wildman–Crippen MR) is 87.5 cm³/mol. The molecule has 5 nitrogen and oxygen atoms in total. The van der Waals surface area contributed by atoms with Crippen LogP contribution in [0.1, 0.15) is 29.8 Å². The first kappa shape index (κ1) is 14.8. The van der Waals surface area contributed by atoms with Crippen molar-refractivity contribution < 1.29 is 4.79 Å². The SMILES string of the molecule is O=C(Nc1ccccc1Cl)c1ccc(N2CCCCC2)nn1. The molecule has 0 saturated carbocycles. The summed E-state index contributed by atoms with van der Waals surface area (Å²) in [4.78, 5) is 14.4. The quantitative estimate of drug-likeness (QED) is 0.943. The van der Waals surface area contributed by atoms with E-state index < -0.39 is 0 Å². The number of para-hydroxylation sites is 1. The maximum absolute atomic E-state index is 12.2. The first-order valence-electron chi connectivity index (χ1n) is 7.38. The molecule has 2 heterocycles. The molecule has 1 aromatic carbocycles. The molecular formula is C16H17ClN4O. The Labute approximate surface area is 134 Å². The molecule has 3 rings (SSSR count). The fraction of sp³-hybridized carbons (Fsp3) is 0.312. The van der Waals surface area contributed by atoms with Gasteiger partial charge in [0.1, 0.15) is 0 Å². The van der Waals surface area contributed by atoms with E-state index in [2.05, 4.69) is 20.4 Å². The summed E-state index contributed by atoms with van der Waals surface area (Å²) in [5.41, 5.74) is 0.844. The number of benzene rings is 1. The Morgan fingerprint density at radius 1 is 1.05 bits per heavy atom. The van der Waals surface area contributed by atoms with Gasteiger partial charge in [0.05, 0.1) is 10.7 Å². The van der Waals surface area contributed by atoms with Gasteiger partial charge in [0.15, 0.2) is 11.5 Å². The highest BCUT2D eigenvalue weighted by Crippen LogP contribution is 2.21. The number of carbonyl (C=O) groups is 1. The van der Waals surface area contributed by atoms with E-state index in [9.17, 15) is 4.79 Å². The van der Waals surface area contributed by atoms with Gasteiger partial charge in [0, 0.05) is 13.1 Å². The normalized spacial score (nSPS) is 14.7. The van der Waals surface area contributed by atoms with Crippen molar-refractivity contribution in [1.82, 2.24) is 10.2 Å². The number of nitrogens with zero attached hydrogens (tertiary/aromatic N) is 3. The highest BCUT2D eigenvalue weighted by molar-refractivity contribution is 6.33. The number of aromatic nitrogens is 2. The number of hydrogen-bond donors (Lipinski definition) is 1. The summed E-state index contributed by atoms with van der Waals surface area (Å²) in [6, 6.07) is 10.6. The van der Waals surface area contributed by atoms with Crippen molar-refractivity contribution in [2.45, 2.75) is 19.3 Å². The van der Waals surface area contributed by atoms with Gasteiger partial charge in [-0.05, 0) is 43.5 Å². The summed E-state index contributed by atoms with van der Waals surface area (Å²) in [6.45, 7) is 2.00. The van der Waals surface area contributed by atoms with Crippen molar-refractivity contribution in [2.24, 2.45) is 0 Å². The van der Waals surface area contributed by atoms with Crippen molar-refractivity contribution in [3.63, 3.8) is 0 Å². The Hall–Kier alpha value is -2.14. The molecule has 6 heteroatoms. The number of amides is 1. The van der Waals surface area contributed by atoms with Gasteiger partial charge in [0.2, 0.25) is 0 Å². The van der Waals surface area contributed by atoms with Gasteiger partial charge in [0.25, 0.3) is 5.91 Å². The van der Waals surface area contributed by atoms with Crippen LogP contribution in [0.4, 0.5) is 11.5 Å². The molecule has 1 aliphatic heterocycles. The highest BCUT2D eigenvalue weighted by Gasteiger charge is 2.14. The second-order valence-corrected chi connectivity index (χ2v) is 5.67. The first-order chi connectivity index (χ1) is 10.7. The van der Waals surface area contributed by atoms with E-state index >= 15 is 0 Å². The van der Waals surface area contributed by atoms with Crippen LogP contribution in [0.15, 0.2) is 36.4 Å². The van der Waals surface area contributed by atoms with E-state index in [0.29, 0.717) is 10.7 Å². The molecule has 1 aromatic heterocycles. The van der Waals surface area contributed by atoms with Gasteiger partial charge >= 0.3 is 0 Å². The maximum atomic E-state index is 12.2. The number of piperidine rings is 1. The standard InChI is InChI=1S/C16H17ClN4O/c17-12-6-2-3-7-13(12)18-16(22)14-8-9-15(20-19-14)21-10-4-1-5-11-21/h2-3,6-9H,1,4-5,10-11H2,(H,18,22). The van der Waals surface area contributed by atoms with Gasteiger partial charge in [-0.3, -0.25) is 4.79 Å². The molecular weight excluding hydrogens is 300 g/mol. The van der Waals surface area contributed by atoms with Gasteiger partial charge in [-0.15, -0.1) is 10.2 Å². The van der Waals surface area contributed by atoms with Crippen molar-refractivity contribution in [3.8, 4) is 0 Å². The Morgan fingerprint density at radius 3 is 2.50 bits per heavy atom. The topological polar surface area (TPSA) is 58.1 Å². The Kier molecular flexibility index (Phi) is 4.53. The monoisotopic (exact) mass is 316 g/mol. The van der Waals surface area contributed by atoms with E-state index in [1.165, 1.54) is 19.3 Å². The number of halogens is 1. The molecule has 1 saturated heterocycles. The van der Waals surface area contributed by atoms with E-state index in [4.69, 9.17) is 11.6 Å². The van der Waals surface area contributed by atoms with Crippen molar-refractivity contribution in [1.29, 1.82) is 0 Å². The lowest BCUT2D eigenvalue weighted by Gasteiger charge is -2.27. The number of carbonyl (C=O) groups excluding carboxylic acids is 1. The zero-order valence-corrected chi connectivity index (χ0v) is 12.9. The van der Waals surface area contributed by atoms with E-state index in [1.807, 2.05) is 18.2 Å². The second-order valence-electron chi connectivity index (χ2n) is 5.26. The van der Waals surface area contributed by atoms with Crippen LogP contribution >= 0.6 is 11.6 Å². The van der Waals surface area contributed by atoms with Gasteiger partial charge in [-0.25, -0.2) is 0 Å². The largest absolute Gasteiger partial charge is 0.355 e. The first-order valence-corrected chi connectivity index (χ1v) is 7.76. The molecule has 114 valence electrons. The molecule has 0 radical (unpaired) electrons. The van der Waals surface area contributed by atoms with Crippen LogP contribution in [0.3, 0.4) is 0 Å². The molecule has 0 aliphatic carbocycles. The van der Waals surface area contributed by atoms with Crippen molar-refractivity contribution >= 4 is 29.0 Å². The summed E-state index contributed by atoms with van der Waals surface area (Å²) in [7, 11) is 0. The zero-order valence-electron chi connectivity index (χ0n) is 12.1. The molecule has 1 fully saturated rings. The number of anilines is 2. The summed E-state index contributed by atoms with van der Waals surface area (Å²) in [6.07, 6.45) is 3.62. The van der Waals surface area contributed by atoms with Crippen LogP contribution in [-0.2, 0) is 0 Å². The smallest absolute Gasteiger partial charge is 0.276 e. The van der Waals surface area contributed by atoms with Gasteiger partial charge < -0.3 is 10.2 Å². The minimum absolute atomic E-state index is 0.278. The summed E-state index contributed by atoms with van der Waals surface area (Å²) in [5, 5.41) is 11.4. The van der Waals surface area contributed by atoms with Crippen LogP contribution in [0.25, 0.3) is 0 Å².